The minimum atomic E-state index is -0.985. The average molecular weight is 296 g/mol. The highest BCUT2D eigenvalue weighted by Crippen LogP contribution is 2.28. The monoisotopic (exact) mass is 296 g/mol. The first-order valence-electron chi connectivity index (χ1n) is 6.84. The Hall–Kier alpha value is -2.09. The number of nitrogens with one attached hydrogen (secondary N) is 2. The first kappa shape index (κ1) is 15.3. The molecule has 8 nitrogen and oxygen atoms in total. The lowest BCUT2D eigenvalue weighted by Gasteiger charge is -2.33. The molecule has 116 valence electrons. The molecule has 0 unspecified atom stereocenters. The van der Waals surface area contributed by atoms with Crippen LogP contribution in [0.25, 0.3) is 0 Å². The van der Waals surface area contributed by atoms with E-state index in [1.54, 1.807) is 0 Å². The minimum Gasteiger partial charge on any atom is -0.480 e. The van der Waals surface area contributed by atoms with Gasteiger partial charge in [-0.15, -0.1) is 0 Å². The molecule has 0 bridgehead atoms. The first-order chi connectivity index (χ1) is 9.97. The molecular formula is C13H20N4O4. The lowest BCUT2D eigenvalue weighted by atomic mass is 9.82. The molecule has 1 aromatic rings. The Morgan fingerprint density at radius 3 is 2.86 bits per heavy atom. The van der Waals surface area contributed by atoms with E-state index in [0.717, 1.165) is 26.1 Å². The Bertz CT molecular complexity index is 508. The second kappa shape index (κ2) is 6.57. The number of carboxylic acids is 1. The third-order valence-electron chi connectivity index (χ3n) is 3.56. The number of aliphatic carboxylic acids is 1. The van der Waals surface area contributed by atoms with Crippen molar-refractivity contribution in [2.45, 2.75) is 26.3 Å². The fourth-order valence-electron chi connectivity index (χ4n) is 2.16. The Morgan fingerprint density at radius 1 is 1.48 bits per heavy atom. The van der Waals surface area contributed by atoms with Crippen molar-refractivity contribution in [3.05, 3.63) is 12.4 Å². The lowest BCUT2D eigenvalue weighted by molar-refractivity contribution is -0.137. The molecule has 0 aliphatic carbocycles. The van der Waals surface area contributed by atoms with E-state index in [4.69, 9.17) is 9.84 Å². The Balaban J connectivity index is 1.78. The van der Waals surface area contributed by atoms with E-state index in [2.05, 4.69) is 22.7 Å². The highest BCUT2D eigenvalue weighted by Gasteiger charge is 2.27. The molecule has 1 fully saturated rings. The summed E-state index contributed by atoms with van der Waals surface area (Å²) in [6, 6.07) is -0.322. The molecule has 2 heterocycles. The Kier molecular flexibility index (Phi) is 4.79. The summed E-state index contributed by atoms with van der Waals surface area (Å²) in [6.07, 6.45) is 4.73. The predicted molar refractivity (Wildman–Crippen MR) is 75.0 cm³/mol. The summed E-state index contributed by atoms with van der Waals surface area (Å²) >= 11 is 0. The highest BCUT2D eigenvalue weighted by molar-refractivity contribution is 5.88. The molecule has 2 amide bonds. The number of carbonyl (C=O) groups excluding carboxylic acids is 1. The Labute approximate surface area is 122 Å². The summed E-state index contributed by atoms with van der Waals surface area (Å²) in [6.45, 7) is 3.91. The molecule has 21 heavy (non-hydrogen) atoms. The minimum absolute atomic E-state index is 0.0586. The number of nitrogens with zero attached hydrogens (tertiary/aromatic N) is 2. The average Bonchev–Trinajstić information content (AvgIpc) is 2.84. The molecule has 1 aliphatic heterocycles. The molecule has 8 heteroatoms. The molecule has 0 spiro atoms. The SMILES string of the molecule is CC1(CNC(=O)Nc2cnn(CC(=O)O)c2)CCOCC1. The van der Waals surface area contributed by atoms with Crippen molar-refractivity contribution in [3.8, 4) is 0 Å². The molecular weight excluding hydrogens is 276 g/mol. The van der Waals surface area contributed by atoms with Gasteiger partial charge in [-0.1, -0.05) is 6.92 Å². The van der Waals surface area contributed by atoms with Crippen LogP contribution in [0.4, 0.5) is 10.5 Å². The van der Waals surface area contributed by atoms with Gasteiger partial charge >= 0.3 is 12.0 Å². The number of anilines is 1. The van der Waals surface area contributed by atoms with E-state index in [1.807, 2.05) is 0 Å². The maximum atomic E-state index is 11.8. The summed E-state index contributed by atoms with van der Waals surface area (Å²) in [5, 5.41) is 18.0. The van der Waals surface area contributed by atoms with Gasteiger partial charge in [-0.25, -0.2) is 4.79 Å². The van der Waals surface area contributed by atoms with E-state index >= 15 is 0 Å². The number of urea groups is 1. The van der Waals surface area contributed by atoms with Crippen molar-refractivity contribution in [2.24, 2.45) is 5.41 Å². The van der Waals surface area contributed by atoms with E-state index in [9.17, 15) is 9.59 Å². The molecule has 1 aromatic heterocycles. The molecule has 2 rings (SSSR count). The second-order valence-electron chi connectivity index (χ2n) is 5.55. The number of ether oxygens (including phenoxy) is 1. The zero-order chi connectivity index (χ0) is 15.3. The molecule has 0 radical (unpaired) electrons. The van der Waals surface area contributed by atoms with Gasteiger partial charge in [-0.3, -0.25) is 9.48 Å². The van der Waals surface area contributed by atoms with Crippen LogP contribution in [-0.2, 0) is 16.1 Å². The van der Waals surface area contributed by atoms with Gasteiger partial charge in [0.1, 0.15) is 6.54 Å². The van der Waals surface area contributed by atoms with Crippen LogP contribution in [0, 0.1) is 5.41 Å². The fraction of sp³-hybridized carbons (Fsp3) is 0.615. The van der Waals surface area contributed by atoms with Gasteiger partial charge in [0.15, 0.2) is 0 Å². The summed E-state index contributed by atoms with van der Waals surface area (Å²) < 4.78 is 6.56. The van der Waals surface area contributed by atoms with Crippen LogP contribution < -0.4 is 10.6 Å². The maximum absolute atomic E-state index is 11.8. The number of aromatic nitrogens is 2. The number of carbonyl (C=O) groups is 2. The van der Waals surface area contributed by atoms with Crippen LogP contribution in [-0.4, -0.2) is 46.6 Å². The zero-order valence-corrected chi connectivity index (χ0v) is 12.0. The van der Waals surface area contributed by atoms with Crippen molar-refractivity contribution in [1.82, 2.24) is 15.1 Å². The topological polar surface area (TPSA) is 105 Å². The smallest absolute Gasteiger partial charge is 0.325 e. The van der Waals surface area contributed by atoms with Gasteiger partial charge in [-0.05, 0) is 18.3 Å². The van der Waals surface area contributed by atoms with Crippen LogP contribution in [0.2, 0.25) is 0 Å². The van der Waals surface area contributed by atoms with Gasteiger partial charge in [0.05, 0.1) is 11.9 Å². The van der Waals surface area contributed by atoms with Crippen molar-refractivity contribution >= 4 is 17.7 Å². The zero-order valence-electron chi connectivity index (χ0n) is 12.0. The molecule has 1 aliphatic rings. The third kappa shape index (κ3) is 4.75. The second-order valence-corrected chi connectivity index (χ2v) is 5.55. The van der Waals surface area contributed by atoms with Crippen molar-refractivity contribution in [1.29, 1.82) is 0 Å². The summed E-state index contributed by atoms with van der Waals surface area (Å²) in [5.41, 5.74) is 0.522. The first-order valence-corrected chi connectivity index (χ1v) is 6.84. The Morgan fingerprint density at radius 2 is 2.19 bits per heavy atom. The molecule has 0 aromatic carbocycles. The largest absolute Gasteiger partial charge is 0.480 e. The number of hydrogen-bond donors (Lipinski definition) is 3. The van der Waals surface area contributed by atoms with Gasteiger partial charge in [-0.2, -0.15) is 5.10 Å². The van der Waals surface area contributed by atoms with Crippen LogP contribution in [0.15, 0.2) is 12.4 Å². The summed E-state index contributed by atoms with van der Waals surface area (Å²) in [5.74, 6) is -0.985. The van der Waals surface area contributed by atoms with E-state index in [0.29, 0.717) is 12.2 Å². The van der Waals surface area contributed by atoms with Crippen LogP contribution in [0.3, 0.4) is 0 Å². The van der Waals surface area contributed by atoms with Crippen molar-refractivity contribution < 1.29 is 19.4 Å². The lowest BCUT2D eigenvalue weighted by Crippen LogP contribution is -2.41. The quantitative estimate of drug-likeness (QED) is 0.749. The number of amides is 2. The summed E-state index contributed by atoms with van der Waals surface area (Å²) in [4.78, 5) is 22.4. The summed E-state index contributed by atoms with van der Waals surface area (Å²) in [7, 11) is 0. The number of hydrogen-bond acceptors (Lipinski definition) is 4. The molecule has 0 saturated carbocycles. The standard InChI is InChI=1S/C13H20N4O4/c1-13(2-4-21-5-3-13)9-14-12(20)16-10-6-15-17(7-10)8-11(18)19/h6-7H,2-5,8-9H2,1H3,(H,18,19)(H2,14,16,20). The van der Waals surface area contributed by atoms with Gasteiger partial charge < -0.3 is 20.5 Å². The van der Waals surface area contributed by atoms with E-state index in [-0.39, 0.29) is 18.0 Å². The number of rotatable bonds is 5. The molecule has 1 saturated heterocycles. The third-order valence-corrected chi connectivity index (χ3v) is 3.56. The van der Waals surface area contributed by atoms with Crippen molar-refractivity contribution in [2.75, 3.05) is 25.1 Å². The number of carboxylic acid groups (broad SMARTS) is 1. The normalized spacial score (nSPS) is 17.2. The van der Waals surface area contributed by atoms with Crippen LogP contribution >= 0.6 is 0 Å². The fourth-order valence-corrected chi connectivity index (χ4v) is 2.16. The predicted octanol–water partition coefficient (Wildman–Crippen LogP) is 0.906. The molecule has 0 atom stereocenters. The maximum Gasteiger partial charge on any atom is 0.325 e. The van der Waals surface area contributed by atoms with Crippen LogP contribution in [0.5, 0.6) is 0 Å². The molecule has 3 N–H and O–H groups in total. The van der Waals surface area contributed by atoms with E-state index in [1.165, 1.54) is 17.1 Å². The van der Waals surface area contributed by atoms with Crippen LogP contribution in [0.1, 0.15) is 19.8 Å². The van der Waals surface area contributed by atoms with Gasteiger partial charge in [0.25, 0.3) is 0 Å². The van der Waals surface area contributed by atoms with Crippen molar-refractivity contribution in [3.63, 3.8) is 0 Å². The highest BCUT2D eigenvalue weighted by atomic mass is 16.5. The van der Waals surface area contributed by atoms with E-state index < -0.39 is 5.97 Å². The van der Waals surface area contributed by atoms with Gasteiger partial charge in [0, 0.05) is 26.0 Å². The van der Waals surface area contributed by atoms with Gasteiger partial charge in [0.2, 0.25) is 0 Å².